The van der Waals surface area contributed by atoms with Crippen LogP contribution in [0.5, 0.6) is 0 Å². The molecule has 1 aromatic rings. The van der Waals surface area contributed by atoms with Crippen LogP contribution in [-0.4, -0.2) is 13.7 Å². The Labute approximate surface area is 98.0 Å². The van der Waals surface area contributed by atoms with E-state index in [4.69, 9.17) is 10.6 Å². The zero-order valence-corrected chi connectivity index (χ0v) is 10.4. The molecule has 0 fully saturated rings. The van der Waals surface area contributed by atoms with Crippen molar-refractivity contribution in [2.24, 2.45) is 5.84 Å². The van der Waals surface area contributed by atoms with Crippen LogP contribution < -0.4 is 11.3 Å². The van der Waals surface area contributed by atoms with Gasteiger partial charge in [0, 0.05) is 19.8 Å². The van der Waals surface area contributed by atoms with Gasteiger partial charge in [-0.15, -0.1) is 0 Å². The highest BCUT2D eigenvalue weighted by Gasteiger charge is 2.09. The summed E-state index contributed by atoms with van der Waals surface area (Å²) in [5, 5.41) is 0. The minimum atomic E-state index is 0.217. The fraction of sp³-hybridized carbons (Fsp3) is 0.538. The topological polar surface area (TPSA) is 47.3 Å². The third-order valence-corrected chi connectivity index (χ3v) is 2.98. The molecule has 1 unspecified atom stereocenters. The molecule has 90 valence electrons. The highest BCUT2D eigenvalue weighted by Crippen LogP contribution is 2.20. The number of rotatable bonds is 6. The second kappa shape index (κ2) is 6.63. The van der Waals surface area contributed by atoms with Gasteiger partial charge in [0.1, 0.15) is 0 Å². The molecule has 1 atom stereocenters. The molecule has 16 heavy (non-hydrogen) atoms. The second-order valence-corrected chi connectivity index (χ2v) is 4.20. The number of hydrogen-bond donors (Lipinski definition) is 2. The number of ether oxygens (including phenoxy) is 1. The first-order valence-electron chi connectivity index (χ1n) is 5.71. The van der Waals surface area contributed by atoms with Crippen LogP contribution in [0.25, 0.3) is 0 Å². The van der Waals surface area contributed by atoms with Crippen LogP contribution in [0.1, 0.15) is 35.6 Å². The number of methoxy groups -OCH3 is 1. The van der Waals surface area contributed by atoms with Crippen LogP contribution in [0.3, 0.4) is 0 Å². The molecule has 0 saturated heterocycles. The van der Waals surface area contributed by atoms with Gasteiger partial charge in [0.25, 0.3) is 0 Å². The minimum absolute atomic E-state index is 0.217. The average Bonchev–Trinajstić information content (AvgIpc) is 2.29. The molecule has 0 aliphatic carbocycles. The van der Waals surface area contributed by atoms with Gasteiger partial charge >= 0.3 is 0 Å². The second-order valence-electron chi connectivity index (χ2n) is 4.20. The molecule has 3 nitrogen and oxygen atoms in total. The number of benzene rings is 1. The van der Waals surface area contributed by atoms with Crippen LogP contribution in [0.4, 0.5) is 0 Å². The Morgan fingerprint density at radius 3 is 2.62 bits per heavy atom. The number of nitrogens with two attached hydrogens (primary N) is 1. The maximum atomic E-state index is 5.58. The minimum Gasteiger partial charge on any atom is -0.385 e. The van der Waals surface area contributed by atoms with E-state index in [9.17, 15) is 0 Å². The summed E-state index contributed by atoms with van der Waals surface area (Å²) in [7, 11) is 1.72. The molecule has 0 heterocycles. The molecule has 0 amide bonds. The third-order valence-electron chi connectivity index (χ3n) is 2.98. The van der Waals surface area contributed by atoms with Crippen molar-refractivity contribution in [3.05, 3.63) is 34.9 Å². The summed E-state index contributed by atoms with van der Waals surface area (Å²) in [6.45, 7) is 5.03. The first kappa shape index (κ1) is 13.2. The van der Waals surface area contributed by atoms with E-state index in [0.717, 1.165) is 19.4 Å². The standard InChI is InChI=1S/C13H22N2O/c1-10-6-7-12(9-11(10)2)13(15-14)5-4-8-16-3/h6-7,9,13,15H,4-5,8,14H2,1-3H3. The quantitative estimate of drug-likeness (QED) is 0.441. The normalized spacial score (nSPS) is 12.8. The van der Waals surface area contributed by atoms with E-state index in [-0.39, 0.29) is 6.04 Å². The van der Waals surface area contributed by atoms with E-state index in [0.29, 0.717) is 0 Å². The maximum absolute atomic E-state index is 5.58. The van der Waals surface area contributed by atoms with Crippen LogP contribution in [-0.2, 0) is 4.74 Å². The number of hydrogen-bond acceptors (Lipinski definition) is 3. The van der Waals surface area contributed by atoms with Gasteiger partial charge in [0.05, 0.1) is 0 Å². The van der Waals surface area contributed by atoms with E-state index in [1.807, 2.05) is 0 Å². The highest BCUT2D eigenvalue weighted by molar-refractivity contribution is 5.31. The van der Waals surface area contributed by atoms with Crippen molar-refractivity contribution < 1.29 is 4.74 Å². The lowest BCUT2D eigenvalue weighted by atomic mass is 9.98. The van der Waals surface area contributed by atoms with Crippen molar-refractivity contribution in [3.8, 4) is 0 Å². The lowest BCUT2D eigenvalue weighted by molar-refractivity contribution is 0.189. The number of nitrogens with one attached hydrogen (secondary N) is 1. The number of hydrazine groups is 1. The predicted molar refractivity (Wildman–Crippen MR) is 67.1 cm³/mol. The molecule has 0 aromatic heterocycles. The molecule has 1 aromatic carbocycles. The number of aryl methyl sites for hydroxylation is 2. The van der Waals surface area contributed by atoms with E-state index < -0.39 is 0 Å². The first-order chi connectivity index (χ1) is 7.69. The third kappa shape index (κ3) is 3.59. The van der Waals surface area contributed by atoms with Gasteiger partial charge in [-0.05, 0) is 43.4 Å². The molecule has 0 saturated carbocycles. The van der Waals surface area contributed by atoms with Gasteiger partial charge in [0.2, 0.25) is 0 Å². The molecule has 0 radical (unpaired) electrons. The van der Waals surface area contributed by atoms with Crippen molar-refractivity contribution in [2.45, 2.75) is 32.7 Å². The van der Waals surface area contributed by atoms with E-state index in [1.165, 1.54) is 16.7 Å². The van der Waals surface area contributed by atoms with Crippen molar-refractivity contribution in [1.29, 1.82) is 0 Å². The van der Waals surface area contributed by atoms with Gasteiger partial charge in [-0.1, -0.05) is 18.2 Å². The Kier molecular flexibility index (Phi) is 5.46. The molecule has 3 N–H and O–H groups in total. The van der Waals surface area contributed by atoms with Crippen molar-refractivity contribution >= 4 is 0 Å². The molecule has 1 rings (SSSR count). The summed E-state index contributed by atoms with van der Waals surface area (Å²) in [6.07, 6.45) is 2.01. The lowest BCUT2D eigenvalue weighted by Gasteiger charge is -2.17. The smallest absolute Gasteiger partial charge is 0.0462 e. The molecule has 0 spiro atoms. The zero-order chi connectivity index (χ0) is 12.0. The zero-order valence-electron chi connectivity index (χ0n) is 10.4. The van der Waals surface area contributed by atoms with E-state index in [1.54, 1.807) is 7.11 Å². The van der Waals surface area contributed by atoms with Gasteiger partial charge in [-0.2, -0.15) is 0 Å². The van der Waals surface area contributed by atoms with E-state index >= 15 is 0 Å². The molecule has 0 aliphatic heterocycles. The fourth-order valence-electron chi connectivity index (χ4n) is 1.76. The Bertz CT molecular complexity index is 326. The Hall–Kier alpha value is -0.900. The molecule has 0 bridgehead atoms. The molecular formula is C13H22N2O. The average molecular weight is 222 g/mol. The van der Waals surface area contributed by atoms with Crippen LogP contribution in [0.15, 0.2) is 18.2 Å². The summed E-state index contributed by atoms with van der Waals surface area (Å²) >= 11 is 0. The largest absolute Gasteiger partial charge is 0.385 e. The summed E-state index contributed by atoms with van der Waals surface area (Å²) in [5.41, 5.74) is 6.75. The molecule has 3 heteroatoms. The predicted octanol–water partition coefficient (Wildman–Crippen LogP) is 2.23. The van der Waals surface area contributed by atoms with Gasteiger partial charge in [-0.25, -0.2) is 0 Å². The van der Waals surface area contributed by atoms with Crippen LogP contribution in [0, 0.1) is 13.8 Å². The SMILES string of the molecule is COCCCC(NN)c1ccc(C)c(C)c1. The van der Waals surface area contributed by atoms with Crippen molar-refractivity contribution in [1.82, 2.24) is 5.43 Å². The van der Waals surface area contributed by atoms with Crippen molar-refractivity contribution in [3.63, 3.8) is 0 Å². The molecular weight excluding hydrogens is 200 g/mol. The highest BCUT2D eigenvalue weighted by atomic mass is 16.5. The van der Waals surface area contributed by atoms with E-state index in [2.05, 4.69) is 37.5 Å². The lowest BCUT2D eigenvalue weighted by Crippen LogP contribution is -2.28. The van der Waals surface area contributed by atoms with Crippen LogP contribution in [0.2, 0.25) is 0 Å². The van der Waals surface area contributed by atoms with Gasteiger partial charge < -0.3 is 4.74 Å². The summed E-state index contributed by atoms with van der Waals surface area (Å²) in [6, 6.07) is 6.70. The Balaban J connectivity index is 2.67. The monoisotopic (exact) mass is 222 g/mol. The van der Waals surface area contributed by atoms with Crippen molar-refractivity contribution in [2.75, 3.05) is 13.7 Å². The molecule has 0 aliphatic rings. The fourth-order valence-corrected chi connectivity index (χ4v) is 1.76. The van der Waals surface area contributed by atoms with Gasteiger partial charge in [0.15, 0.2) is 0 Å². The van der Waals surface area contributed by atoms with Gasteiger partial charge in [-0.3, -0.25) is 11.3 Å². The summed E-state index contributed by atoms with van der Waals surface area (Å²) in [4.78, 5) is 0. The van der Waals surface area contributed by atoms with Crippen LogP contribution >= 0.6 is 0 Å². The first-order valence-corrected chi connectivity index (χ1v) is 5.71. The Morgan fingerprint density at radius 2 is 2.06 bits per heavy atom. The maximum Gasteiger partial charge on any atom is 0.0462 e. The summed E-state index contributed by atoms with van der Waals surface area (Å²) in [5.74, 6) is 5.58. The Morgan fingerprint density at radius 1 is 1.31 bits per heavy atom. The summed E-state index contributed by atoms with van der Waals surface area (Å²) < 4.78 is 5.05.